The number of para-hydroxylation sites is 1. The van der Waals surface area contributed by atoms with Gasteiger partial charge >= 0.3 is 0 Å². The van der Waals surface area contributed by atoms with Crippen LogP contribution >= 0.6 is 0 Å². The van der Waals surface area contributed by atoms with Crippen LogP contribution in [0.4, 0.5) is 0 Å². The molecule has 0 saturated carbocycles. The zero-order valence-corrected chi connectivity index (χ0v) is 15.9. The summed E-state index contributed by atoms with van der Waals surface area (Å²) in [5.41, 5.74) is 0.691. The Kier molecular flexibility index (Phi) is 6.32. The normalized spacial score (nSPS) is 11.4. The Morgan fingerprint density at radius 2 is 1.58 bits per heavy atom. The molecule has 0 saturated heterocycles. The summed E-state index contributed by atoms with van der Waals surface area (Å²) >= 11 is 0. The molecule has 26 heavy (non-hydrogen) atoms. The van der Waals surface area contributed by atoms with E-state index in [4.69, 9.17) is 4.74 Å². The van der Waals surface area contributed by atoms with Gasteiger partial charge in [-0.25, -0.2) is 8.42 Å². The SMILES string of the molecule is COc1ccccc1C(=O)CS(=O)(=O)c1ccc(C(=O)CC(C)C)cc1. The minimum Gasteiger partial charge on any atom is -0.496 e. The van der Waals surface area contributed by atoms with Crippen molar-refractivity contribution in [3.8, 4) is 5.75 Å². The molecule has 0 bridgehead atoms. The van der Waals surface area contributed by atoms with E-state index < -0.39 is 21.4 Å². The van der Waals surface area contributed by atoms with Gasteiger partial charge in [-0.1, -0.05) is 38.1 Å². The Balaban J connectivity index is 2.19. The highest BCUT2D eigenvalue weighted by Crippen LogP contribution is 2.21. The summed E-state index contributed by atoms with van der Waals surface area (Å²) in [6.07, 6.45) is 0.401. The first kappa shape index (κ1) is 19.8. The Labute approximate surface area is 153 Å². The molecular formula is C20H22O5S. The molecule has 0 unspecified atom stereocenters. The van der Waals surface area contributed by atoms with Crippen LogP contribution in [0.15, 0.2) is 53.4 Å². The fourth-order valence-corrected chi connectivity index (χ4v) is 3.76. The van der Waals surface area contributed by atoms with Gasteiger partial charge in [0.1, 0.15) is 11.5 Å². The minimum absolute atomic E-state index is 0.0156. The van der Waals surface area contributed by atoms with E-state index in [1.165, 1.54) is 37.4 Å². The van der Waals surface area contributed by atoms with Gasteiger partial charge in [-0.15, -0.1) is 0 Å². The van der Waals surface area contributed by atoms with Crippen molar-refractivity contribution in [2.75, 3.05) is 12.9 Å². The maximum atomic E-state index is 12.5. The zero-order chi connectivity index (χ0) is 19.3. The largest absolute Gasteiger partial charge is 0.496 e. The van der Waals surface area contributed by atoms with Crippen molar-refractivity contribution in [2.45, 2.75) is 25.2 Å². The number of ether oxygens (including phenoxy) is 1. The van der Waals surface area contributed by atoms with Gasteiger partial charge in [-0.3, -0.25) is 9.59 Å². The summed E-state index contributed by atoms with van der Waals surface area (Å²) in [5.74, 6) is -0.671. The predicted molar refractivity (Wildman–Crippen MR) is 99.6 cm³/mol. The van der Waals surface area contributed by atoms with Crippen LogP contribution in [0.3, 0.4) is 0 Å². The number of methoxy groups -OCH3 is 1. The third kappa shape index (κ3) is 4.79. The van der Waals surface area contributed by atoms with Crippen molar-refractivity contribution in [3.63, 3.8) is 0 Å². The van der Waals surface area contributed by atoms with Crippen molar-refractivity contribution >= 4 is 21.4 Å². The molecule has 0 amide bonds. The third-order valence-electron chi connectivity index (χ3n) is 3.86. The molecular weight excluding hydrogens is 352 g/mol. The summed E-state index contributed by atoms with van der Waals surface area (Å²) in [7, 11) is -2.39. The molecule has 5 nitrogen and oxygen atoms in total. The summed E-state index contributed by atoms with van der Waals surface area (Å²) in [4.78, 5) is 24.4. The quantitative estimate of drug-likeness (QED) is 0.660. The number of hydrogen-bond donors (Lipinski definition) is 0. The molecule has 0 aliphatic heterocycles. The molecule has 0 aliphatic carbocycles. The number of sulfone groups is 1. The van der Waals surface area contributed by atoms with Gasteiger partial charge in [0.15, 0.2) is 21.4 Å². The van der Waals surface area contributed by atoms with Crippen molar-refractivity contribution in [1.29, 1.82) is 0 Å². The smallest absolute Gasteiger partial charge is 0.185 e. The fraction of sp³-hybridized carbons (Fsp3) is 0.300. The molecule has 138 valence electrons. The maximum Gasteiger partial charge on any atom is 0.185 e. The Morgan fingerprint density at radius 3 is 2.15 bits per heavy atom. The van der Waals surface area contributed by atoms with Crippen molar-refractivity contribution in [2.24, 2.45) is 5.92 Å². The lowest BCUT2D eigenvalue weighted by Gasteiger charge is -2.09. The Morgan fingerprint density at radius 1 is 0.962 bits per heavy atom. The van der Waals surface area contributed by atoms with Crippen molar-refractivity contribution < 1.29 is 22.7 Å². The van der Waals surface area contributed by atoms with Crippen molar-refractivity contribution in [3.05, 3.63) is 59.7 Å². The highest BCUT2D eigenvalue weighted by Gasteiger charge is 2.22. The van der Waals surface area contributed by atoms with Crippen LogP contribution in [-0.2, 0) is 9.84 Å². The van der Waals surface area contributed by atoms with Gasteiger partial charge in [0.25, 0.3) is 0 Å². The van der Waals surface area contributed by atoms with E-state index in [9.17, 15) is 18.0 Å². The number of carbonyl (C=O) groups is 2. The molecule has 2 rings (SSSR count). The van der Waals surface area contributed by atoms with Crippen LogP contribution in [0.5, 0.6) is 5.75 Å². The number of Topliss-reactive ketones (excluding diaryl/α,β-unsaturated/α-hetero) is 2. The number of ketones is 2. The molecule has 0 aromatic heterocycles. The second-order valence-corrected chi connectivity index (χ2v) is 8.42. The minimum atomic E-state index is -3.81. The number of benzene rings is 2. The molecule has 2 aromatic rings. The molecule has 2 aromatic carbocycles. The highest BCUT2D eigenvalue weighted by molar-refractivity contribution is 7.92. The monoisotopic (exact) mass is 374 g/mol. The number of hydrogen-bond acceptors (Lipinski definition) is 5. The van der Waals surface area contributed by atoms with E-state index in [1.54, 1.807) is 18.2 Å². The Bertz CT molecular complexity index is 896. The molecule has 0 radical (unpaired) electrons. The first-order chi connectivity index (χ1) is 12.2. The topological polar surface area (TPSA) is 77.5 Å². The fourth-order valence-electron chi connectivity index (χ4n) is 2.55. The molecule has 6 heteroatoms. The molecule has 0 atom stereocenters. The second-order valence-electron chi connectivity index (χ2n) is 6.43. The van der Waals surface area contributed by atoms with Gasteiger partial charge in [-0.2, -0.15) is 0 Å². The maximum absolute atomic E-state index is 12.5. The number of carbonyl (C=O) groups excluding carboxylic acids is 2. The molecule has 0 heterocycles. The summed E-state index contributed by atoms with van der Waals surface area (Å²) in [5, 5.41) is 0. The number of rotatable bonds is 8. The van der Waals surface area contributed by atoms with E-state index in [1.807, 2.05) is 13.8 Å². The van der Waals surface area contributed by atoms with E-state index in [0.29, 0.717) is 17.7 Å². The summed E-state index contributed by atoms with van der Waals surface area (Å²) < 4.78 is 30.2. The van der Waals surface area contributed by atoms with Gasteiger partial charge < -0.3 is 4.74 Å². The average Bonchev–Trinajstić information content (AvgIpc) is 2.60. The molecule has 0 aliphatic rings. The van der Waals surface area contributed by atoms with Gasteiger partial charge in [0.2, 0.25) is 0 Å². The zero-order valence-electron chi connectivity index (χ0n) is 15.1. The molecule has 0 fully saturated rings. The first-order valence-corrected chi connectivity index (χ1v) is 9.92. The van der Waals surface area contributed by atoms with Crippen LogP contribution in [0.25, 0.3) is 0 Å². The van der Waals surface area contributed by atoms with Crippen LogP contribution in [0.2, 0.25) is 0 Å². The first-order valence-electron chi connectivity index (χ1n) is 8.27. The third-order valence-corrected chi connectivity index (χ3v) is 5.49. The lowest BCUT2D eigenvalue weighted by molar-refractivity contribution is 0.0966. The molecule has 0 spiro atoms. The van der Waals surface area contributed by atoms with E-state index >= 15 is 0 Å². The van der Waals surface area contributed by atoms with Gasteiger partial charge in [-0.05, 0) is 30.2 Å². The van der Waals surface area contributed by atoms with Crippen LogP contribution in [0, 0.1) is 5.92 Å². The highest BCUT2D eigenvalue weighted by atomic mass is 32.2. The second kappa shape index (κ2) is 8.27. The van der Waals surface area contributed by atoms with E-state index in [2.05, 4.69) is 0 Å². The van der Waals surface area contributed by atoms with Gasteiger partial charge in [0, 0.05) is 12.0 Å². The van der Waals surface area contributed by atoms with Crippen LogP contribution in [0.1, 0.15) is 41.0 Å². The standard InChI is InChI=1S/C20H22O5S/c1-14(2)12-18(21)15-8-10-16(11-9-15)26(23,24)13-19(22)17-6-4-5-7-20(17)25-3/h4-11,14H,12-13H2,1-3H3. The lowest BCUT2D eigenvalue weighted by Crippen LogP contribution is -2.17. The van der Waals surface area contributed by atoms with Crippen LogP contribution in [-0.4, -0.2) is 32.8 Å². The van der Waals surface area contributed by atoms with Gasteiger partial charge in [0.05, 0.1) is 17.6 Å². The molecule has 0 N–H and O–H groups in total. The lowest BCUT2D eigenvalue weighted by atomic mass is 10.0. The van der Waals surface area contributed by atoms with Crippen LogP contribution < -0.4 is 4.74 Å². The predicted octanol–water partition coefficient (Wildman–Crippen LogP) is 3.58. The van der Waals surface area contributed by atoms with E-state index in [0.717, 1.165) is 0 Å². The summed E-state index contributed by atoms with van der Waals surface area (Å²) in [6, 6.07) is 12.2. The van der Waals surface area contributed by atoms with E-state index in [-0.39, 0.29) is 22.2 Å². The van der Waals surface area contributed by atoms with Crippen molar-refractivity contribution in [1.82, 2.24) is 0 Å². The average molecular weight is 374 g/mol. The Hall–Kier alpha value is -2.47. The summed E-state index contributed by atoms with van der Waals surface area (Å²) in [6.45, 7) is 3.89.